The van der Waals surface area contributed by atoms with Crippen LogP contribution in [0.15, 0.2) is 42.5 Å². The fraction of sp³-hybridized carbons (Fsp3) is 0.316. The standard InChI is InChI=1S/C19H19F3N2O2/c20-19(21,22)13-3-6-15(7-4-13)24-10-1-2-18(26)16-12-14(23-9-11-25)5-8-17(16)24/h3-8,12,23,25H,1-2,9-11H2. The maximum Gasteiger partial charge on any atom is 0.416 e. The molecule has 2 aromatic carbocycles. The highest BCUT2D eigenvalue weighted by Crippen LogP contribution is 2.36. The number of aliphatic hydroxyl groups excluding tert-OH is 1. The van der Waals surface area contributed by atoms with Gasteiger partial charge in [-0.25, -0.2) is 0 Å². The molecule has 0 unspecified atom stereocenters. The van der Waals surface area contributed by atoms with Gasteiger partial charge in [-0.3, -0.25) is 4.79 Å². The van der Waals surface area contributed by atoms with Crippen molar-refractivity contribution >= 4 is 22.8 Å². The summed E-state index contributed by atoms with van der Waals surface area (Å²) in [5.41, 5.74) is 1.86. The van der Waals surface area contributed by atoms with Gasteiger partial charge in [-0.05, 0) is 48.9 Å². The van der Waals surface area contributed by atoms with Gasteiger partial charge in [-0.1, -0.05) is 0 Å². The number of hydrogen-bond acceptors (Lipinski definition) is 4. The molecule has 0 atom stereocenters. The second-order valence-electron chi connectivity index (χ2n) is 6.11. The fourth-order valence-electron chi connectivity index (χ4n) is 3.06. The van der Waals surface area contributed by atoms with Gasteiger partial charge in [0.2, 0.25) is 0 Å². The van der Waals surface area contributed by atoms with Crippen LogP contribution in [0.3, 0.4) is 0 Å². The first-order chi connectivity index (χ1) is 12.4. The average Bonchev–Trinajstić information content (AvgIpc) is 2.78. The summed E-state index contributed by atoms with van der Waals surface area (Å²) in [6, 6.07) is 10.3. The zero-order valence-corrected chi connectivity index (χ0v) is 14.0. The Bertz CT molecular complexity index is 788. The second-order valence-corrected chi connectivity index (χ2v) is 6.11. The minimum absolute atomic E-state index is 0.00191. The molecule has 7 heteroatoms. The van der Waals surface area contributed by atoms with Crippen LogP contribution in [0.25, 0.3) is 0 Å². The highest BCUT2D eigenvalue weighted by atomic mass is 19.4. The Kier molecular flexibility index (Phi) is 5.18. The smallest absolute Gasteiger partial charge is 0.395 e. The van der Waals surface area contributed by atoms with Crippen LogP contribution in [0.2, 0.25) is 0 Å². The van der Waals surface area contributed by atoms with E-state index in [-0.39, 0.29) is 12.4 Å². The van der Waals surface area contributed by atoms with E-state index in [1.165, 1.54) is 12.1 Å². The lowest BCUT2D eigenvalue weighted by molar-refractivity contribution is -0.137. The Morgan fingerprint density at radius 2 is 1.85 bits per heavy atom. The first-order valence-electron chi connectivity index (χ1n) is 8.37. The molecule has 0 saturated heterocycles. The zero-order chi connectivity index (χ0) is 18.7. The predicted octanol–water partition coefficient (Wildman–Crippen LogP) is 4.22. The lowest BCUT2D eigenvalue weighted by Gasteiger charge is -2.25. The van der Waals surface area contributed by atoms with Gasteiger partial charge < -0.3 is 15.3 Å². The Morgan fingerprint density at radius 3 is 2.50 bits per heavy atom. The summed E-state index contributed by atoms with van der Waals surface area (Å²) in [6.45, 7) is 0.895. The number of anilines is 3. The van der Waals surface area contributed by atoms with Gasteiger partial charge in [0.1, 0.15) is 0 Å². The summed E-state index contributed by atoms with van der Waals surface area (Å²) in [4.78, 5) is 14.3. The van der Waals surface area contributed by atoms with Crippen LogP contribution >= 0.6 is 0 Å². The van der Waals surface area contributed by atoms with E-state index >= 15 is 0 Å². The first kappa shape index (κ1) is 18.3. The number of fused-ring (bicyclic) bond motifs is 1. The van der Waals surface area contributed by atoms with Crippen LogP contribution in [0, 0.1) is 0 Å². The van der Waals surface area contributed by atoms with Crippen LogP contribution in [-0.2, 0) is 6.18 Å². The quantitative estimate of drug-likeness (QED) is 0.853. The van der Waals surface area contributed by atoms with Crippen molar-refractivity contribution in [3.05, 3.63) is 53.6 Å². The van der Waals surface area contributed by atoms with Crippen LogP contribution in [0.1, 0.15) is 28.8 Å². The molecule has 26 heavy (non-hydrogen) atoms. The maximum absolute atomic E-state index is 12.8. The third-order valence-corrected chi connectivity index (χ3v) is 4.32. The highest BCUT2D eigenvalue weighted by molar-refractivity contribution is 6.03. The number of halogens is 3. The van der Waals surface area contributed by atoms with Crippen molar-refractivity contribution in [1.29, 1.82) is 0 Å². The summed E-state index contributed by atoms with van der Waals surface area (Å²) in [5, 5.41) is 11.9. The van der Waals surface area contributed by atoms with Crippen LogP contribution < -0.4 is 10.2 Å². The van der Waals surface area contributed by atoms with E-state index in [0.29, 0.717) is 42.9 Å². The van der Waals surface area contributed by atoms with Crippen molar-refractivity contribution in [3.63, 3.8) is 0 Å². The topological polar surface area (TPSA) is 52.6 Å². The van der Waals surface area contributed by atoms with Crippen molar-refractivity contribution in [2.24, 2.45) is 0 Å². The number of alkyl halides is 3. The Hall–Kier alpha value is -2.54. The monoisotopic (exact) mass is 364 g/mol. The van der Waals surface area contributed by atoms with Gasteiger partial charge in [0.05, 0.1) is 17.9 Å². The summed E-state index contributed by atoms with van der Waals surface area (Å²) in [5.74, 6) is 0.00191. The molecule has 0 spiro atoms. The number of benzene rings is 2. The molecule has 1 aliphatic rings. The number of ketones is 1. The van der Waals surface area contributed by atoms with Crippen molar-refractivity contribution in [1.82, 2.24) is 0 Å². The van der Waals surface area contributed by atoms with Crippen molar-refractivity contribution in [3.8, 4) is 0 Å². The van der Waals surface area contributed by atoms with Crippen LogP contribution in [-0.4, -0.2) is 30.6 Å². The Balaban J connectivity index is 1.96. The van der Waals surface area contributed by atoms with Crippen molar-refractivity contribution in [2.45, 2.75) is 19.0 Å². The number of carbonyl (C=O) groups is 1. The van der Waals surface area contributed by atoms with E-state index in [4.69, 9.17) is 5.11 Å². The number of nitrogens with one attached hydrogen (secondary N) is 1. The van der Waals surface area contributed by atoms with E-state index in [0.717, 1.165) is 17.8 Å². The predicted molar refractivity (Wildman–Crippen MR) is 94.0 cm³/mol. The van der Waals surface area contributed by atoms with E-state index < -0.39 is 11.7 Å². The van der Waals surface area contributed by atoms with Gasteiger partial charge in [-0.2, -0.15) is 13.2 Å². The molecule has 0 radical (unpaired) electrons. The molecule has 4 nitrogen and oxygen atoms in total. The van der Waals surface area contributed by atoms with Crippen LogP contribution in [0.4, 0.5) is 30.2 Å². The fourth-order valence-corrected chi connectivity index (χ4v) is 3.06. The SMILES string of the molecule is O=C1CCCN(c2ccc(C(F)(F)F)cc2)c2ccc(NCCO)cc21. The molecule has 1 heterocycles. The molecular formula is C19H19F3N2O2. The molecule has 0 aliphatic carbocycles. The number of hydrogen-bond donors (Lipinski definition) is 2. The summed E-state index contributed by atoms with van der Waals surface area (Å²) < 4.78 is 38.3. The number of carbonyl (C=O) groups excluding carboxylic acids is 1. The Labute approximate surface area is 149 Å². The van der Waals surface area contributed by atoms with Crippen LogP contribution in [0.5, 0.6) is 0 Å². The second kappa shape index (κ2) is 7.37. The van der Waals surface area contributed by atoms with E-state index in [1.807, 2.05) is 4.90 Å². The molecule has 0 amide bonds. The molecule has 0 aromatic heterocycles. The third-order valence-electron chi connectivity index (χ3n) is 4.32. The molecule has 0 bridgehead atoms. The lowest BCUT2D eigenvalue weighted by atomic mass is 10.0. The van der Waals surface area contributed by atoms with Gasteiger partial charge in [0.25, 0.3) is 0 Å². The minimum atomic E-state index is -4.38. The van der Waals surface area contributed by atoms with Gasteiger partial charge >= 0.3 is 6.18 Å². The number of rotatable bonds is 4. The zero-order valence-electron chi connectivity index (χ0n) is 14.0. The molecule has 0 saturated carbocycles. The van der Waals surface area contributed by atoms with Gasteiger partial charge in [0, 0.05) is 36.4 Å². The third kappa shape index (κ3) is 3.83. The van der Waals surface area contributed by atoms with Crippen molar-refractivity contribution in [2.75, 3.05) is 29.9 Å². The molecule has 0 fully saturated rings. The molecular weight excluding hydrogens is 345 g/mol. The summed E-state index contributed by atoms with van der Waals surface area (Å²) in [7, 11) is 0. The van der Waals surface area contributed by atoms with E-state index in [2.05, 4.69) is 5.32 Å². The van der Waals surface area contributed by atoms with E-state index in [9.17, 15) is 18.0 Å². The highest BCUT2D eigenvalue weighted by Gasteiger charge is 2.30. The molecule has 2 N–H and O–H groups in total. The minimum Gasteiger partial charge on any atom is -0.395 e. The van der Waals surface area contributed by atoms with Gasteiger partial charge in [0.15, 0.2) is 5.78 Å². The lowest BCUT2D eigenvalue weighted by Crippen LogP contribution is -2.18. The summed E-state index contributed by atoms with van der Waals surface area (Å²) >= 11 is 0. The maximum atomic E-state index is 12.8. The number of nitrogens with zero attached hydrogens (tertiary/aromatic N) is 1. The average molecular weight is 364 g/mol. The Morgan fingerprint density at radius 1 is 1.12 bits per heavy atom. The molecule has 1 aliphatic heterocycles. The molecule has 138 valence electrons. The van der Waals surface area contributed by atoms with Crippen molar-refractivity contribution < 1.29 is 23.1 Å². The first-order valence-corrected chi connectivity index (χ1v) is 8.37. The number of Topliss-reactive ketones (excluding diaryl/α,β-unsaturated/α-hetero) is 1. The number of aliphatic hydroxyl groups is 1. The normalized spacial score (nSPS) is 14.8. The summed E-state index contributed by atoms with van der Waals surface area (Å²) in [6.07, 6.45) is -3.38. The van der Waals surface area contributed by atoms with E-state index in [1.54, 1.807) is 18.2 Å². The molecule has 3 rings (SSSR count). The molecule has 2 aromatic rings. The largest absolute Gasteiger partial charge is 0.416 e. The van der Waals surface area contributed by atoms with Gasteiger partial charge in [-0.15, -0.1) is 0 Å².